The Kier molecular flexibility index (Phi) is 5.99. The van der Waals surface area contributed by atoms with Crippen LogP contribution < -0.4 is 16.6 Å². The predicted molar refractivity (Wildman–Crippen MR) is 119 cm³/mol. The Morgan fingerprint density at radius 3 is 2.58 bits per heavy atom. The van der Waals surface area contributed by atoms with Crippen LogP contribution in [0.25, 0.3) is 11.0 Å². The summed E-state index contributed by atoms with van der Waals surface area (Å²) >= 11 is 0. The summed E-state index contributed by atoms with van der Waals surface area (Å²) in [4.78, 5) is 46.2. The molecule has 1 amide bonds. The molecule has 3 aromatic rings. The summed E-state index contributed by atoms with van der Waals surface area (Å²) in [5.41, 5.74) is 1.88. The Bertz CT molecular complexity index is 1220. The number of nitrogens with one attached hydrogen (secondary N) is 2. The third kappa shape index (κ3) is 4.44. The fourth-order valence-electron chi connectivity index (χ4n) is 3.78. The van der Waals surface area contributed by atoms with Gasteiger partial charge in [0, 0.05) is 25.3 Å². The second-order valence-electron chi connectivity index (χ2n) is 7.87. The van der Waals surface area contributed by atoms with Crippen molar-refractivity contribution >= 4 is 16.9 Å². The van der Waals surface area contributed by atoms with Gasteiger partial charge in [0.15, 0.2) is 0 Å². The van der Waals surface area contributed by atoms with Crippen LogP contribution in [0.3, 0.4) is 0 Å². The SMILES string of the molecule is CCN(CC)Cc1ccccc1CNC(=O)c1cnc2c(c1)c(=O)[nH]c(=O)n2C1CC1. The Labute approximate surface area is 179 Å². The molecule has 0 aliphatic heterocycles. The zero-order chi connectivity index (χ0) is 22.0. The number of aromatic nitrogens is 3. The molecule has 2 aromatic heterocycles. The molecular formula is C23H27N5O3. The van der Waals surface area contributed by atoms with Gasteiger partial charge in [-0.25, -0.2) is 9.78 Å². The molecule has 1 aromatic carbocycles. The first-order valence-electron chi connectivity index (χ1n) is 10.7. The normalized spacial score (nSPS) is 13.6. The Morgan fingerprint density at radius 2 is 1.90 bits per heavy atom. The van der Waals surface area contributed by atoms with Crippen molar-refractivity contribution in [3.63, 3.8) is 0 Å². The highest BCUT2D eigenvalue weighted by molar-refractivity contribution is 5.96. The number of rotatable bonds is 8. The maximum Gasteiger partial charge on any atom is 0.330 e. The fraction of sp³-hybridized carbons (Fsp3) is 0.391. The van der Waals surface area contributed by atoms with Crippen LogP contribution in [0.15, 0.2) is 46.1 Å². The molecular weight excluding hydrogens is 394 g/mol. The van der Waals surface area contributed by atoms with Gasteiger partial charge >= 0.3 is 5.69 Å². The van der Waals surface area contributed by atoms with E-state index in [1.165, 1.54) is 22.4 Å². The molecule has 0 saturated heterocycles. The molecule has 1 aliphatic carbocycles. The number of hydrogen-bond donors (Lipinski definition) is 2. The Balaban J connectivity index is 1.55. The zero-order valence-corrected chi connectivity index (χ0v) is 17.9. The lowest BCUT2D eigenvalue weighted by Gasteiger charge is -2.20. The summed E-state index contributed by atoms with van der Waals surface area (Å²) < 4.78 is 1.52. The zero-order valence-electron chi connectivity index (χ0n) is 17.9. The molecule has 31 heavy (non-hydrogen) atoms. The first-order valence-corrected chi connectivity index (χ1v) is 10.7. The van der Waals surface area contributed by atoms with Gasteiger partial charge in [0.05, 0.1) is 10.9 Å². The van der Waals surface area contributed by atoms with Crippen molar-refractivity contribution in [3.05, 3.63) is 74.1 Å². The fourth-order valence-corrected chi connectivity index (χ4v) is 3.78. The van der Waals surface area contributed by atoms with Crippen molar-refractivity contribution in [1.82, 2.24) is 24.8 Å². The average Bonchev–Trinajstić information content (AvgIpc) is 3.61. The average molecular weight is 422 g/mol. The van der Waals surface area contributed by atoms with Gasteiger partial charge in [0.1, 0.15) is 5.65 Å². The molecule has 2 heterocycles. The van der Waals surface area contributed by atoms with Crippen LogP contribution in [0.2, 0.25) is 0 Å². The summed E-state index contributed by atoms with van der Waals surface area (Å²) in [6.07, 6.45) is 3.20. The number of nitrogens with zero attached hydrogens (tertiary/aromatic N) is 3. The van der Waals surface area contributed by atoms with Crippen molar-refractivity contribution in [1.29, 1.82) is 0 Å². The van der Waals surface area contributed by atoms with Crippen LogP contribution in [0, 0.1) is 0 Å². The highest BCUT2D eigenvalue weighted by Crippen LogP contribution is 2.34. The molecule has 0 atom stereocenters. The van der Waals surface area contributed by atoms with Crippen LogP contribution in [0.1, 0.15) is 54.2 Å². The van der Waals surface area contributed by atoms with E-state index in [4.69, 9.17) is 0 Å². The van der Waals surface area contributed by atoms with E-state index in [-0.39, 0.29) is 17.3 Å². The number of amides is 1. The molecule has 8 heteroatoms. The second-order valence-corrected chi connectivity index (χ2v) is 7.87. The lowest BCUT2D eigenvalue weighted by molar-refractivity contribution is 0.0950. The summed E-state index contributed by atoms with van der Waals surface area (Å²) in [5.74, 6) is -0.310. The lowest BCUT2D eigenvalue weighted by atomic mass is 10.1. The molecule has 1 saturated carbocycles. The van der Waals surface area contributed by atoms with Gasteiger partial charge in [0.2, 0.25) is 0 Å². The molecule has 1 aliphatic rings. The van der Waals surface area contributed by atoms with Gasteiger partial charge in [-0.3, -0.25) is 24.0 Å². The van der Waals surface area contributed by atoms with Crippen molar-refractivity contribution in [2.45, 2.75) is 45.8 Å². The van der Waals surface area contributed by atoms with Crippen LogP contribution in [-0.2, 0) is 13.1 Å². The van der Waals surface area contributed by atoms with Crippen molar-refractivity contribution in [2.75, 3.05) is 13.1 Å². The van der Waals surface area contributed by atoms with E-state index in [1.54, 1.807) is 0 Å². The number of pyridine rings is 1. The first kappa shape index (κ1) is 21.0. The van der Waals surface area contributed by atoms with E-state index in [2.05, 4.69) is 40.1 Å². The number of hydrogen-bond acceptors (Lipinski definition) is 5. The summed E-state index contributed by atoms with van der Waals surface area (Å²) in [7, 11) is 0. The molecule has 0 spiro atoms. The van der Waals surface area contributed by atoms with Gasteiger partial charge in [0.25, 0.3) is 11.5 Å². The number of carbonyl (C=O) groups excluding carboxylic acids is 1. The van der Waals surface area contributed by atoms with Gasteiger partial charge in [-0.15, -0.1) is 0 Å². The minimum atomic E-state index is -0.524. The van der Waals surface area contributed by atoms with Gasteiger partial charge in [-0.1, -0.05) is 38.1 Å². The van der Waals surface area contributed by atoms with Gasteiger partial charge < -0.3 is 5.32 Å². The summed E-state index contributed by atoms with van der Waals surface area (Å²) in [5, 5.41) is 3.18. The standard InChI is InChI=1S/C23H27N5O3/c1-3-27(4-2)14-16-8-6-5-7-15(16)12-25-21(29)17-11-19-20(24-13-17)28(18-9-10-18)23(31)26-22(19)30/h5-8,11,13,18H,3-4,9-10,12,14H2,1-2H3,(H,25,29)(H,26,30,31). The van der Waals surface area contributed by atoms with E-state index >= 15 is 0 Å². The molecule has 0 radical (unpaired) electrons. The molecule has 4 rings (SSSR count). The molecule has 0 bridgehead atoms. The third-order valence-electron chi connectivity index (χ3n) is 5.80. The predicted octanol–water partition coefficient (Wildman–Crippen LogP) is 2.19. The quantitative estimate of drug-likeness (QED) is 0.581. The number of H-pyrrole nitrogens is 1. The van der Waals surface area contributed by atoms with E-state index in [1.807, 2.05) is 18.2 Å². The van der Waals surface area contributed by atoms with E-state index in [0.29, 0.717) is 17.8 Å². The largest absolute Gasteiger partial charge is 0.348 e. The van der Waals surface area contributed by atoms with Gasteiger partial charge in [-0.05, 0) is 43.1 Å². The van der Waals surface area contributed by atoms with Crippen LogP contribution in [0.4, 0.5) is 0 Å². The number of carbonyl (C=O) groups is 1. The first-order chi connectivity index (χ1) is 15.0. The second kappa shape index (κ2) is 8.85. The molecule has 0 unspecified atom stereocenters. The Morgan fingerprint density at radius 1 is 1.19 bits per heavy atom. The van der Waals surface area contributed by atoms with E-state index in [0.717, 1.165) is 38.0 Å². The molecule has 2 N–H and O–H groups in total. The topological polar surface area (TPSA) is 100 Å². The van der Waals surface area contributed by atoms with Crippen LogP contribution in [-0.4, -0.2) is 38.4 Å². The van der Waals surface area contributed by atoms with Crippen molar-refractivity contribution in [3.8, 4) is 0 Å². The number of aromatic amines is 1. The lowest BCUT2D eigenvalue weighted by Crippen LogP contribution is -2.31. The number of fused-ring (bicyclic) bond motifs is 1. The minimum Gasteiger partial charge on any atom is -0.348 e. The van der Waals surface area contributed by atoms with E-state index < -0.39 is 11.2 Å². The maximum absolute atomic E-state index is 12.8. The Hall–Kier alpha value is -3.26. The molecule has 8 nitrogen and oxygen atoms in total. The third-order valence-corrected chi connectivity index (χ3v) is 5.80. The minimum absolute atomic E-state index is 0.0707. The highest BCUT2D eigenvalue weighted by Gasteiger charge is 2.27. The summed E-state index contributed by atoms with van der Waals surface area (Å²) in [6, 6.07) is 9.63. The summed E-state index contributed by atoms with van der Waals surface area (Å²) in [6.45, 7) is 7.38. The van der Waals surface area contributed by atoms with Crippen molar-refractivity contribution in [2.24, 2.45) is 0 Å². The van der Waals surface area contributed by atoms with Crippen LogP contribution in [0.5, 0.6) is 0 Å². The maximum atomic E-state index is 12.8. The molecule has 1 fully saturated rings. The van der Waals surface area contributed by atoms with Crippen molar-refractivity contribution < 1.29 is 4.79 Å². The smallest absolute Gasteiger partial charge is 0.330 e. The van der Waals surface area contributed by atoms with Crippen LogP contribution >= 0.6 is 0 Å². The molecule has 162 valence electrons. The monoisotopic (exact) mass is 421 g/mol. The van der Waals surface area contributed by atoms with Gasteiger partial charge in [-0.2, -0.15) is 0 Å². The number of benzene rings is 1. The highest BCUT2D eigenvalue weighted by atomic mass is 16.2. The van der Waals surface area contributed by atoms with E-state index in [9.17, 15) is 14.4 Å².